The van der Waals surface area contributed by atoms with Gasteiger partial charge in [-0.25, -0.2) is 9.59 Å². The zero-order valence-electron chi connectivity index (χ0n) is 7.87. The van der Waals surface area contributed by atoms with Gasteiger partial charge in [0.1, 0.15) is 0 Å². The number of carbonyl (C=O) groups excluding carboxylic acids is 2. The maximum atomic E-state index is 10.9. The standard InChI is InChI=1S/C9H12O4/c1-9(2,3)8-12-6(10)4-5-7(11)13-8/h4-5,8H,1-3H3. The van der Waals surface area contributed by atoms with E-state index in [9.17, 15) is 9.59 Å². The molecule has 0 aromatic carbocycles. The molecule has 0 atom stereocenters. The summed E-state index contributed by atoms with van der Waals surface area (Å²) < 4.78 is 9.75. The summed E-state index contributed by atoms with van der Waals surface area (Å²) in [6.07, 6.45) is 1.31. The molecule has 0 amide bonds. The van der Waals surface area contributed by atoms with Gasteiger partial charge in [0.2, 0.25) is 0 Å². The quantitative estimate of drug-likeness (QED) is 0.527. The molecule has 0 unspecified atom stereocenters. The Morgan fingerprint density at radius 3 is 1.77 bits per heavy atom. The zero-order chi connectivity index (χ0) is 10.1. The van der Waals surface area contributed by atoms with E-state index in [1.165, 1.54) is 0 Å². The molecule has 0 radical (unpaired) electrons. The molecule has 1 aliphatic heterocycles. The summed E-state index contributed by atoms with van der Waals surface area (Å²) in [6, 6.07) is 0. The maximum Gasteiger partial charge on any atom is 0.334 e. The number of rotatable bonds is 0. The van der Waals surface area contributed by atoms with Gasteiger partial charge in [0, 0.05) is 17.6 Å². The molecule has 0 aromatic heterocycles. The smallest absolute Gasteiger partial charge is 0.334 e. The maximum absolute atomic E-state index is 10.9. The highest BCUT2D eigenvalue weighted by atomic mass is 16.7. The molecule has 4 heteroatoms. The van der Waals surface area contributed by atoms with Gasteiger partial charge in [-0.15, -0.1) is 0 Å². The summed E-state index contributed by atoms with van der Waals surface area (Å²) in [5.74, 6) is -1.10. The van der Waals surface area contributed by atoms with Gasteiger partial charge in [-0.3, -0.25) is 0 Å². The second-order valence-electron chi connectivity index (χ2n) is 3.91. The van der Waals surface area contributed by atoms with Crippen LogP contribution >= 0.6 is 0 Å². The molecule has 0 aliphatic carbocycles. The lowest BCUT2D eigenvalue weighted by molar-refractivity contribution is -0.198. The van der Waals surface area contributed by atoms with Crippen LogP contribution in [0.3, 0.4) is 0 Å². The Kier molecular flexibility index (Phi) is 2.40. The minimum atomic E-state index is -0.817. The van der Waals surface area contributed by atoms with E-state index in [0.717, 1.165) is 12.2 Å². The highest BCUT2D eigenvalue weighted by Crippen LogP contribution is 2.24. The van der Waals surface area contributed by atoms with Crippen LogP contribution in [0.4, 0.5) is 0 Å². The van der Waals surface area contributed by atoms with Gasteiger partial charge in [0.25, 0.3) is 6.29 Å². The van der Waals surface area contributed by atoms with E-state index in [4.69, 9.17) is 9.47 Å². The van der Waals surface area contributed by atoms with Crippen molar-refractivity contribution in [1.82, 2.24) is 0 Å². The summed E-state index contributed by atoms with van der Waals surface area (Å²) in [6.45, 7) is 5.47. The number of carbonyl (C=O) groups is 2. The predicted molar refractivity (Wildman–Crippen MR) is 44.6 cm³/mol. The third-order valence-electron chi connectivity index (χ3n) is 1.51. The van der Waals surface area contributed by atoms with Crippen molar-refractivity contribution < 1.29 is 19.1 Å². The first-order chi connectivity index (χ1) is 5.89. The number of cyclic esters (lactones) is 2. The second kappa shape index (κ2) is 3.20. The van der Waals surface area contributed by atoms with Gasteiger partial charge in [-0.1, -0.05) is 20.8 Å². The van der Waals surface area contributed by atoms with Gasteiger partial charge < -0.3 is 9.47 Å². The van der Waals surface area contributed by atoms with Crippen LogP contribution in [-0.2, 0) is 19.1 Å². The summed E-state index contributed by atoms with van der Waals surface area (Å²) in [5.41, 5.74) is -0.405. The van der Waals surface area contributed by atoms with Gasteiger partial charge in [0.15, 0.2) is 0 Å². The van der Waals surface area contributed by atoms with E-state index in [2.05, 4.69) is 0 Å². The summed E-state index contributed by atoms with van der Waals surface area (Å²) in [4.78, 5) is 21.9. The van der Waals surface area contributed by atoms with Crippen LogP contribution < -0.4 is 0 Å². The Morgan fingerprint density at radius 2 is 1.46 bits per heavy atom. The molecular formula is C9H12O4. The van der Waals surface area contributed by atoms with E-state index in [1.807, 2.05) is 20.8 Å². The van der Waals surface area contributed by atoms with E-state index < -0.39 is 23.6 Å². The first-order valence-corrected chi connectivity index (χ1v) is 3.99. The largest absolute Gasteiger partial charge is 0.421 e. The van der Waals surface area contributed by atoms with Gasteiger partial charge in [-0.05, 0) is 0 Å². The fourth-order valence-corrected chi connectivity index (χ4v) is 0.803. The van der Waals surface area contributed by atoms with Gasteiger partial charge in [-0.2, -0.15) is 0 Å². The molecule has 72 valence electrons. The van der Waals surface area contributed by atoms with Gasteiger partial charge >= 0.3 is 11.9 Å². The predicted octanol–water partition coefficient (Wildman–Crippen LogP) is 1.01. The van der Waals surface area contributed by atoms with Crippen LogP contribution in [0.5, 0.6) is 0 Å². The minimum Gasteiger partial charge on any atom is -0.421 e. The molecule has 1 aliphatic rings. The Hall–Kier alpha value is -1.32. The minimum absolute atomic E-state index is 0.405. The van der Waals surface area contributed by atoms with Crippen molar-refractivity contribution in [3.8, 4) is 0 Å². The number of hydrogen-bond acceptors (Lipinski definition) is 4. The van der Waals surface area contributed by atoms with Crippen LogP contribution in [0.15, 0.2) is 12.2 Å². The number of esters is 2. The highest BCUT2D eigenvalue weighted by molar-refractivity contribution is 5.93. The number of hydrogen-bond donors (Lipinski definition) is 0. The van der Waals surface area contributed by atoms with Crippen LogP contribution in [0.1, 0.15) is 20.8 Å². The van der Waals surface area contributed by atoms with E-state index in [1.54, 1.807) is 0 Å². The average Bonchev–Trinajstić information content (AvgIpc) is 2.12. The summed E-state index contributed by atoms with van der Waals surface area (Å²) in [5, 5.41) is 0. The molecule has 0 N–H and O–H groups in total. The molecule has 1 heterocycles. The Balaban J connectivity index is 2.80. The SMILES string of the molecule is CC(C)(C)C1OC(=O)C=CC(=O)O1. The summed E-state index contributed by atoms with van der Waals surface area (Å²) in [7, 11) is 0. The van der Waals surface area contributed by atoms with Crippen molar-refractivity contribution in [3.63, 3.8) is 0 Å². The van der Waals surface area contributed by atoms with Crippen LogP contribution in [0.2, 0.25) is 0 Å². The first-order valence-electron chi connectivity index (χ1n) is 3.99. The molecule has 0 saturated heterocycles. The monoisotopic (exact) mass is 184 g/mol. The normalized spacial score (nSPS) is 19.3. The summed E-state index contributed by atoms with van der Waals surface area (Å²) >= 11 is 0. The lowest BCUT2D eigenvalue weighted by atomic mass is 9.96. The number of ether oxygens (including phenoxy) is 2. The molecule has 0 bridgehead atoms. The van der Waals surface area contributed by atoms with Crippen molar-refractivity contribution in [1.29, 1.82) is 0 Å². The fourth-order valence-electron chi connectivity index (χ4n) is 0.803. The average molecular weight is 184 g/mol. The Morgan fingerprint density at radius 1 is 1.08 bits per heavy atom. The molecular weight excluding hydrogens is 172 g/mol. The van der Waals surface area contributed by atoms with Crippen molar-refractivity contribution in [2.75, 3.05) is 0 Å². The second-order valence-corrected chi connectivity index (χ2v) is 3.91. The van der Waals surface area contributed by atoms with Crippen LogP contribution in [-0.4, -0.2) is 18.2 Å². The molecule has 0 fully saturated rings. The molecule has 13 heavy (non-hydrogen) atoms. The molecule has 0 aromatic rings. The Labute approximate surface area is 76.5 Å². The topological polar surface area (TPSA) is 52.6 Å². The molecule has 1 rings (SSSR count). The van der Waals surface area contributed by atoms with Gasteiger partial charge in [0.05, 0.1) is 0 Å². The molecule has 0 spiro atoms. The first kappa shape index (κ1) is 9.77. The Bertz CT molecular complexity index is 239. The van der Waals surface area contributed by atoms with Crippen molar-refractivity contribution in [2.24, 2.45) is 5.41 Å². The lowest BCUT2D eigenvalue weighted by Gasteiger charge is -2.27. The lowest BCUT2D eigenvalue weighted by Crippen LogP contribution is -2.33. The third kappa shape index (κ3) is 2.57. The molecule has 4 nitrogen and oxygen atoms in total. The van der Waals surface area contributed by atoms with Crippen LogP contribution in [0, 0.1) is 5.41 Å². The van der Waals surface area contributed by atoms with Crippen molar-refractivity contribution in [3.05, 3.63) is 12.2 Å². The van der Waals surface area contributed by atoms with Crippen molar-refractivity contribution in [2.45, 2.75) is 27.1 Å². The van der Waals surface area contributed by atoms with E-state index in [-0.39, 0.29) is 0 Å². The molecule has 0 saturated carbocycles. The zero-order valence-corrected chi connectivity index (χ0v) is 7.87. The fraction of sp³-hybridized carbons (Fsp3) is 0.556. The van der Waals surface area contributed by atoms with E-state index >= 15 is 0 Å². The highest BCUT2D eigenvalue weighted by Gasteiger charge is 2.32. The van der Waals surface area contributed by atoms with Crippen LogP contribution in [0.25, 0.3) is 0 Å². The third-order valence-corrected chi connectivity index (χ3v) is 1.51. The van der Waals surface area contributed by atoms with Crippen molar-refractivity contribution >= 4 is 11.9 Å². The van der Waals surface area contributed by atoms with E-state index in [0.29, 0.717) is 0 Å².